The molecule has 0 aliphatic heterocycles. The van der Waals surface area contributed by atoms with Crippen LogP contribution < -0.4 is 10.6 Å². The summed E-state index contributed by atoms with van der Waals surface area (Å²) in [5.74, 6) is 1.77. The summed E-state index contributed by atoms with van der Waals surface area (Å²) >= 11 is 1.84. The smallest absolute Gasteiger partial charge is 0.234 e. The lowest BCUT2D eigenvalue weighted by molar-refractivity contribution is -0.120. The summed E-state index contributed by atoms with van der Waals surface area (Å²) in [7, 11) is 0. The van der Waals surface area contributed by atoms with Crippen LogP contribution in [0, 0.1) is 5.92 Å². The van der Waals surface area contributed by atoms with Gasteiger partial charge in [-0.1, -0.05) is 37.3 Å². The van der Waals surface area contributed by atoms with E-state index in [-0.39, 0.29) is 5.91 Å². The van der Waals surface area contributed by atoms with Crippen LogP contribution in [0.3, 0.4) is 0 Å². The van der Waals surface area contributed by atoms with E-state index in [0.717, 1.165) is 17.9 Å². The number of benzene rings is 1. The van der Waals surface area contributed by atoms with Crippen molar-refractivity contribution in [2.45, 2.75) is 13.5 Å². The zero-order chi connectivity index (χ0) is 13.2. The second-order valence-electron chi connectivity index (χ2n) is 4.45. The lowest BCUT2D eigenvalue weighted by Gasteiger charge is -2.11. The highest BCUT2D eigenvalue weighted by molar-refractivity contribution is 7.98. The molecule has 0 spiro atoms. The summed E-state index contributed by atoms with van der Waals surface area (Å²) in [6, 6.07) is 9.94. The Morgan fingerprint density at radius 1 is 1.33 bits per heavy atom. The molecule has 0 fully saturated rings. The third-order valence-electron chi connectivity index (χ3n) is 2.56. The fourth-order valence-electron chi connectivity index (χ4n) is 1.63. The molecule has 0 aliphatic rings. The molecular weight excluding hydrogens is 244 g/mol. The number of nitrogens with one attached hydrogen (secondary N) is 2. The van der Waals surface area contributed by atoms with Crippen molar-refractivity contribution >= 4 is 17.7 Å². The topological polar surface area (TPSA) is 41.1 Å². The quantitative estimate of drug-likeness (QED) is 0.755. The minimum Gasteiger partial charge on any atom is -0.351 e. The van der Waals surface area contributed by atoms with Gasteiger partial charge in [-0.3, -0.25) is 4.79 Å². The highest BCUT2D eigenvalue weighted by Crippen LogP contribution is 2.02. The zero-order valence-corrected chi connectivity index (χ0v) is 11.9. The van der Waals surface area contributed by atoms with Gasteiger partial charge >= 0.3 is 0 Å². The van der Waals surface area contributed by atoms with Crippen LogP contribution in [0.2, 0.25) is 0 Å². The van der Waals surface area contributed by atoms with Gasteiger partial charge < -0.3 is 10.6 Å². The second-order valence-corrected chi connectivity index (χ2v) is 5.36. The normalized spacial score (nSPS) is 12.1. The van der Waals surface area contributed by atoms with Gasteiger partial charge in [0.15, 0.2) is 0 Å². The van der Waals surface area contributed by atoms with Crippen molar-refractivity contribution in [1.82, 2.24) is 10.6 Å². The summed E-state index contributed by atoms with van der Waals surface area (Å²) in [4.78, 5) is 11.6. The first-order valence-electron chi connectivity index (χ1n) is 6.22. The molecule has 1 aromatic carbocycles. The third kappa shape index (κ3) is 6.67. The van der Waals surface area contributed by atoms with E-state index in [4.69, 9.17) is 0 Å². The minimum atomic E-state index is 0.0511. The molecule has 1 rings (SSSR count). The van der Waals surface area contributed by atoms with Gasteiger partial charge in [-0.05, 0) is 30.0 Å². The Morgan fingerprint density at radius 3 is 2.72 bits per heavy atom. The molecule has 1 amide bonds. The molecule has 2 N–H and O–H groups in total. The molecule has 0 aliphatic carbocycles. The Balaban J connectivity index is 2.11. The van der Waals surface area contributed by atoms with Crippen LogP contribution in [0.4, 0.5) is 0 Å². The number of carbonyl (C=O) groups is 1. The van der Waals surface area contributed by atoms with Gasteiger partial charge in [0, 0.05) is 6.54 Å². The average Bonchev–Trinajstić information content (AvgIpc) is 2.38. The van der Waals surface area contributed by atoms with E-state index in [2.05, 4.69) is 23.8 Å². The molecule has 0 bridgehead atoms. The number of hydrogen-bond donors (Lipinski definition) is 2. The van der Waals surface area contributed by atoms with Gasteiger partial charge in [0.2, 0.25) is 5.91 Å². The molecule has 18 heavy (non-hydrogen) atoms. The predicted molar refractivity (Wildman–Crippen MR) is 78.7 cm³/mol. The van der Waals surface area contributed by atoms with Crippen LogP contribution in [0.15, 0.2) is 30.3 Å². The van der Waals surface area contributed by atoms with E-state index in [1.54, 1.807) is 0 Å². The minimum absolute atomic E-state index is 0.0511. The molecule has 4 heteroatoms. The molecule has 1 unspecified atom stereocenters. The molecule has 0 heterocycles. The SMILES string of the molecule is CSCC(C)CNCC(=O)NCc1ccccc1. The maximum atomic E-state index is 11.6. The first-order chi connectivity index (χ1) is 8.72. The number of hydrogen-bond acceptors (Lipinski definition) is 3. The lowest BCUT2D eigenvalue weighted by atomic mass is 10.2. The predicted octanol–water partition coefficient (Wildman–Crippen LogP) is 1.89. The van der Waals surface area contributed by atoms with E-state index >= 15 is 0 Å². The van der Waals surface area contributed by atoms with Gasteiger partial charge in [0.05, 0.1) is 6.54 Å². The van der Waals surface area contributed by atoms with Gasteiger partial charge in [0.25, 0.3) is 0 Å². The molecule has 0 saturated heterocycles. The molecule has 1 aromatic rings. The Kier molecular flexibility index (Phi) is 7.53. The summed E-state index contributed by atoms with van der Waals surface area (Å²) in [6.07, 6.45) is 2.10. The van der Waals surface area contributed by atoms with Gasteiger partial charge in [-0.25, -0.2) is 0 Å². The van der Waals surface area contributed by atoms with E-state index in [1.807, 2.05) is 42.1 Å². The number of rotatable bonds is 8. The first kappa shape index (κ1) is 15.1. The Hall–Kier alpha value is -1.00. The van der Waals surface area contributed by atoms with Gasteiger partial charge in [-0.2, -0.15) is 11.8 Å². The molecule has 3 nitrogen and oxygen atoms in total. The number of carbonyl (C=O) groups excluding carboxylic acids is 1. The third-order valence-corrected chi connectivity index (χ3v) is 3.46. The Morgan fingerprint density at radius 2 is 2.06 bits per heavy atom. The molecule has 1 atom stereocenters. The van der Waals surface area contributed by atoms with Crippen molar-refractivity contribution < 1.29 is 4.79 Å². The maximum Gasteiger partial charge on any atom is 0.234 e. The van der Waals surface area contributed by atoms with E-state index in [9.17, 15) is 4.79 Å². The van der Waals surface area contributed by atoms with Crippen LogP contribution in [0.1, 0.15) is 12.5 Å². The second kappa shape index (κ2) is 9.00. The van der Waals surface area contributed by atoms with Crippen LogP contribution in [-0.2, 0) is 11.3 Å². The molecular formula is C14H22N2OS. The summed E-state index contributed by atoms with van der Waals surface area (Å²) in [5, 5.41) is 6.08. The Labute approximate surface area is 114 Å². The van der Waals surface area contributed by atoms with Gasteiger partial charge in [0.1, 0.15) is 0 Å². The largest absolute Gasteiger partial charge is 0.351 e. The Bertz CT molecular complexity index is 343. The van der Waals surface area contributed by atoms with E-state index in [1.165, 1.54) is 0 Å². The van der Waals surface area contributed by atoms with Crippen molar-refractivity contribution in [3.05, 3.63) is 35.9 Å². The average molecular weight is 266 g/mol. The lowest BCUT2D eigenvalue weighted by Crippen LogP contribution is -2.35. The number of thioether (sulfide) groups is 1. The van der Waals surface area contributed by atoms with Gasteiger partial charge in [-0.15, -0.1) is 0 Å². The molecule has 0 saturated carbocycles. The summed E-state index contributed by atoms with van der Waals surface area (Å²) < 4.78 is 0. The standard InChI is InChI=1S/C14H22N2OS/c1-12(11-18-2)8-15-10-14(17)16-9-13-6-4-3-5-7-13/h3-7,12,15H,8-11H2,1-2H3,(H,16,17). The molecule has 0 aromatic heterocycles. The summed E-state index contributed by atoms with van der Waals surface area (Å²) in [5.41, 5.74) is 1.13. The monoisotopic (exact) mass is 266 g/mol. The molecule has 0 radical (unpaired) electrons. The van der Waals surface area contributed by atoms with E-state index in [0.29, 0.717) is 19.0 Å². The van der Waals surface area contributed by atoms with Crippen LogP contribution in [0.5, 0.6) is 0 Å². The van der Waals surface area contributed by atoms with Crippen LogP contribution >= 0.6 is 11.8 Å². The van der Waals surface area contributed by atoms with Crippen molar-refractivity contribution in [2.24, 2.45) is 5.92 Å². The molecule has 100 valence electrons. The highest BCUT2D eigenvalue weighted by Gasteiger charge is 2.03. The van der Waals surface area contributed by atoms with E-state index < -0.39 is 0 Å². The summed E-state index contributed by atoms with van der Waals surface area (Å²) in [6.45, 7) is 4.07. The number of amides is 1. The fourth-order valence-corrected chi connectivity index (χ4v) is 2.32. The highest BCUT2D eigenvalue weighted by atomic mass is 32.2. The van der Waals surface area contributed by atoms with Crippen molar-refractivity contribution in [2.75, 3.05) is 25.1 Å². The fraction of sp³-hybridized carbons (Fsp3) is 0.500. The van der Waals surface area contributed by atoms with Crippen molar-refractivity contribution in [1.29, 1.82) is 0 Å². The van der Waals surface area contributed by atoms with Crippen molar-refractivity contribution in [3.63, 3.8) is 0 Å². The van der Waals surface area contributed by atoms with Crippen LogP contribution in [0.25, 0.3) is 0 Å². The zero-order valence-electron chi connectivity index (χ0n) is 11.1. The van der Waals surface area contributed by atoms with Crippen LogP contribution in [-0.4, -0.2) is 31.0 Å². The maximum absolute atomic E-state index is 11.6. The van der Waals surface area contributed by atoms with Crippen molar-refractivity contribution in [3.8, 4) is 0 Å². The first-order valence-corrected chi connectivity index (χ1v) is 7.62.